The van der Waals surface area contributed by atoms with E-state index in [4.69, 9.17) is 4.74 Å². The number of rotatable bonds is 3. The van der Waals surface area contributed by atoms with Gasteiger partial charge < -0.3 is 10.1 Å². The van der Waals surface area contributed by atoms with Crippen molar-refractivity contribution in [3.05, 3.63) is 18.2 Å². The highest BCUT2D eigenvalue weighted by molar-refractivity contribution is 5.38. The molecule has 1 rings (SSSR count). The number of alkyl halides is 3. The van der Waals surface area contributed by atoms with Crippen LogP contribution in [0.1, 0.15) is 12.7 Å². The second kappa shape index (κ2) is 4.43. The summed E-state index contributed by atoms with van der Waals surface area (Å²) in [6.45, 7) is 1.71. The van der Waals surface area contributed by atoms with Crippen molar-refractivity contribution in [3.63, 3.8) is 0 Å². The summed E-state index contributed by atoms with van der Waals surface area (Å²) in [5.74, 6) is -1.15. The first-order valence-electron chi connectivity index (χ1n) is 4.12. The summed E-state index contributed by atoms with van der Waals surface area (Å²) in [6.07, 6.45) is -2.70. The standard InChI is InChI=1S/C8H10F3N3O/c1-5(15-2)14-6-3-12-7(13-4-6)8(9,10)11/h3-5,14H,1-2H3. The van der Waals surface area contributed by atoms with Gasteiger partial charge in [0.15, 0.2) is 0 Å². The Hall–Kier alpha value is -1.37. The van der Waals surface area contributed by atoms with Crippen LogP contribution in [0.3, 0.4) is 0 Å². The Morgan fingerprint density at radius 2 is 1.87 bits per heavy atom. The number of hydrogen-bond donors (Lipinski definition) is 1. The molecule has 0 aromatic carbocycles. The van der Waals surface area contributed by atoms with E-state index in [1.807, 2.05) is 0 Å². The molecule has 0 aliphatic rings. The van der Waals surface area contributed by atoms with Gasteiger partial charge in [0.1, 0.15) is 6.23 Å². The number of hydrogen-bond acceptors (Lipinski definition) is 4. The Morgan fingerprint density at radius 1 is 1.33 bits per heavy atom. The molecule has 1 aromatic rings. The Kier molecular flexibility index (Phi) is 3.46. The summed E-state index contributed by atoms with van der Waals surface area (Å²) < 4.78 is 41.1. The van der Waals surface area contributed by atoms with Gasteiger partial charge in [0.2, 0.25) is 5.82 Å². The summed E-state index contributed by atoms with van der Waals surface area (Å²) in [5, 5.41) is 2.76. The lowest BCUT2D eigenvalue weighted by molar-refractivity contribution is -0.144. The topological polar surface area (TPSA) is 47.0 Å². The SMILES string of the molecule is COC(C)Nc1cnc(C(F)(F)F)nc1. The van der Waals surface area contributed by atoms with E-state index in [9.17, 15) is 13.2 Å². The summed E-state index contributed by atoms with van der Waals surface area (Å²) >= 11 is 0. The fourth-order valence-corrected chi connectivity index (χ4v) is 0.843. The number of halogens is 3. The third-order valence-electron chi connectivity index (χ3n) is 1.63. The number of anilines is 1. The summed E-state index contributed by atoms with van der Waals surface area (Å²) in [7, 11) is 1.47. The number of methoxy groups -OCH3 is 1. The fourth-order valence-electron chi connectivity index (χ4n) is 0.843. The normalized spacial score (nSPS) is 13.7. The van der Waals surface area contributed by atoms with Crippen LogP contribution in [0.15, 0.2) is 12.4 Å². The maximum atomic E-state index is 12.1. The van der Waals surface area contributed by atoms with E-state index >= 15 is 0 Å². The molecule has 4 nitrogen and oxygen atoms in total. The van der Waals surface area contributed by atoms with E-state index in [0.29, 0.717) is 5.69 Å². The van der Waals surface area contributed by atoms with Gasteiger partial charge in [0, 0.05) is 7.11 Å². The van der Waals surface area contributed by atoms with Crippen LogP contribution in [0, 0.1) is 0 Å². The molecule has 1 atom stereocenters. The number of nitrogens with one attached hydrogen (secondary N) is 1. The lowest BCUT2D eigenvalue weighted by atomic mass is 10.4. The zero-order chi connectivity index (χ0) is 11.5. The Balaban J connectivity index is 2.73. The molecule has 1 aromatic heterocycles. The molecule has 0 saturated carbocycles. The van der Waals surface area contributed by atoms with Crippen molar-refractivity contribution in [1.29, 1.82) is 0 Å². The first-order chi connectivity index (χ1) is 6.93. The predicted octanol–water partition coefficient (Wildman–Crippen LogP) is 1.90. The summed E-state index contributed by atoms with van der Waals surface area (Å²) in [6, 6.07) is 0. The number of nitrogens with zero attached hydrogens (tertiary/aromatic N) is 2. The average Bonchev–Trinajstić information content (AvgIpc) is 2.17. The van der Waals surface area contributed by atoms with Crippen LogP contribution in [-0.4, -0.2) is 23.3 Å². The molecule has 84 valence electrons. The highest BCUT2D eigenvalue weighted by Crippen LogP contribution is 2.25. The van der Waals surface area contributed by atoms with Crippen LogP contribution >= 0.6 is 0 Å². The third kappa shape index (κ3) is 3.35. The Morgan fingerprint density at radius 3 is 2.27 bits per heavy atom. The summed E-state index contributed by atoms with van der Waals surface area (Å²) in [4.78, 5) is 6.37. The van der Waals surface area contributed by atoms with Gasteiger partial charge in [-0.3, -0.25) is 0 Å². The van der Waals surface area contributed by atoms with Crippen molar-refractivity contribution >= 4 is 5.69 Å². The van der Waals surface area contributed by atoms with E-state index < -0.39 is 12.0 Å². The van der Waals surface area contributed by atoms with Crippen molar-refractivity contribution in [2.24, 2.45) is 0 Å². The minimum atomic E-state index is -4.51. The van der Waals surface area contributed by atoms with Crippen LogP contribution < -0.4 is 5.32 Å². The average molecular weight is 221 g/mol. The maximum Gasteiger partial charge on any atom is 0.451 e. The fraction of sp³-hybridized carbons (Fsp3) is 0.500. The van der Waals surface area contributed by atoms with Gasteiger partial charge in [-0.2, -0.15) is 13.2 Å². The van der Waals surface area contributed by atoms with E-state index in [1.54, 1.807) is 6.92 Å². The molecule has 0 spiro atoms. The van der Waals surface area contributed by atoms with Gasteiger partial charge in [-0.25, -0.2) is 9.97 Å². The molecule has 15 heavy (non-hydrogen) atoms. The van der Waals surface area contributed by atoms with E-state index in [0.717, 1.165) is 12.4 Å². The van der Waals surface area contributed by atoms with Gasteiger partial charge >= 0.3 is 6.18 Å². The van der Waals surface area contributed by atoms with Gasteiger partial charge in [-0.1, -0.05) is 0 Å². The van der Waals surface area contributed by atoms with Crippen molar-refractivity contribution in [2.45, 2.75) is 19.3 Å². The van der Waals surface area contributed by atoms with Crippen molar-refractivity contribution in [2.75, 3.05) is 12.4 Å². The van der Waals surface area contributed by atoms with Crippen molar-refractivity contribution in [1.82, 2.24) is 9.97 Å². The zero-order valence-corrected chi connectivity index (χ0v) is 8.17. The van der Waals surface area contributed by atoms with Crippen molar-refractivity contribution < 1.29 is 17.9 Å². The summed E-state index contributed by atoms with van der Waals surface area (Å²) in [5.41, 5.74) is 0.373. The van der Waals surface area contributed by atoms with E-state index in [2.05, 4.69) is 15.3 Å². The lowest BCUT2D eigenvalue weighted by Gasteiger charge is -2.12. The number of aromatic nitrogens is 2. The molecule has 1 unspecified atom stereocenters. The largest absolute Gasteiger partial charge is 0.451 e. The second-order valence-electron chi connectivity index (χ2n) is 2.82. The molecule has 7 heteroatoms. The molecule has 0 saturated heterocycles. The first kappa shape index (κ1) is 11.7. The van der Waals surface area contributed by atoms with Crippen LogP contribution in [0.2, 0.25) is 0 Å². The van der Waals surface area contributed by atoms with Crippen LogP contribution in [-0.2, 0) is 10.9 Å². The maximum absolute atomic E-state index is 12.1. The monoisotopic (exact) mass is 221 g/mol. The molecule has 1 heterocycles. The van der Waals surface area contributed by atoms with Crippen LogP contribution in [0.4, 0.5) is 18.9 Å². The van der Waals surface area contributed by atoms with Crippen LogP contribution in [0.5, 0.6) is 0 Å². The molecular weight excluding hydrogens is 211 g/mol. The highest BCUT2D eigenvalue weighted by atomic mass is 19.4. The molecule has 0 radical (unpaired) electrons. The smallest absolute Gasteiger partial charge is 0.362 e. The quantitative estimate of drug-likeness (QED) is 0.792. The Labute approximate surface area is 84.5 Å². The molecule has 1 N–H and O–H groups in total. The van der Waals surface area contributed by atoms with E-state index in [1.165, 1.54) is 7.11 Å². The second-order valence-corrected chi connectivity index (χ2v) is 2.82. The molecule has 0 bridgehead atoms. The van der Waals surface area contributed by atoms with Gasteiger partial charge in [-0.15, -0.1) is 0 Å². The third-order valence-corrected chi connectivity index (χ3v) is 1.63. The zero-order valence-electron chi connectivity index (χ0n) is 8.17. The molecule has 0 fully saturated rings. The first-order valence-corrected chi connectivity index (χ1v) is 4.12. The highest BCUT2D eigenvalue weighted by Gasteiger charge is 2.34. The van der Waals surface area contributed by atoms with Gasteiger partial charge in [0.25, 0.3) is 0 Å². The molecule has 0 aliphatic heterocycles. The number of ether oxygens (including phenoxy) is 1. The predicted molar refractivity (Wildman–Crippen MR) is 47.1 cm³/mol. The molecular formula is C8H10F3N3O. The van der Waals surface area contributed by atoms with Gasteiger partial charge in [-0.05, 0) is 6.92 Å². The molecule has 0 aliphatic carbocycles. The molecule has 0 amide bonds. The lowest BCUT2D eigenvalue weighted by Crippen LogP contribution is -2.18. The van der Waals surface area contributed by atoms with Gasteiger partial charge in [0.05, 0.1) is 18.1 Å². The minimum absolute atomic E-state index is 0.315. The minimum Gasteiger partial charge on any atom is -0.362 e. The van der Waals surface area contributed by atoms with E-state index in [-0.39, 0.29) is 6.23 Å². The Bertz CT molecular complexity index is 312. The van der Waals surface area contributed by atoms with Crippen molar-refractivity contribution in [3.8, 4) is 0 Å². The van der Waals surface area contributed by atoms with Crippen LogP contribution in [0.25, 0.3) is 0 Å².